The van der Waals surface area contributed by atoms with Crippen molar-refractivity contribution in [3.8, 4) is 11.5 Å². The number of anilines is 1. The Balaban J connectivity index is 1.99. The Morgan fingerprint density at radius 2 is 2.00 bits per heavy atom. The second kappa shape index (κ2) is 8.00. The summed E-state index contributed by atoms with van der Waals surface area (Å²) in [7, 11) is -0.191. The molecule has 0 aliphatic carbocycles. The molecule has 0 bridgehead atoms. The lowest BCUT2D eigenvalue weighted by atomic mass is 10.2. The van der Waals surface area contributed by atoms with Crippen LogP contribution in [0.1, 0.15) is 12.8 Å². The molecule has 9 nitrogen and oxygen atoms in total. The normalized spacial score (nSPS) is 24.2. The molecule has 0 spiro atoms. The van der Waals surface area contributed by atoms with E-state index in [1.165, 1.54) is 26.0 Å². The van der Waals surface area contributed by atoms with Crippen LogP contribution in [0.15, 0.2) is 23.2 Å². The predicted octanol–water partition coefficient (Wildman–Crippen LogP) is 1.17. The van der Waals surface area contributed by atoms with Crippen molar-refractivity contribution < 1.29 is 32.6 Å². The summed E-state index contributed by atoms with van der Waals surface area (Å²) in [6, 6.07) is 4.72. The number of hydrogen-bond acceptors (Lipinski definition) is 7. The fourth-order valence-corrected chi connectivity index (χ4v) is 7.13. The van der Waals surface area contributed by atoms with Crippen molar-refractivity contribution in [2.45, 2.75) is 24.1 Å². The first kappa shape index (κ1) is 20.5. The molecule has 11 heteroatoms. The number of nitrogens with zero attached hydrogens (tertiary/aromatic N) is 2. The second-order valence-electron chi connectivity index (χ2n) is 6.39. The minimum Gasteiger partial charge on any atom is -0.497 e. The van der Waals surface area contributed by atoms with Crippen LogP contribution in [0.4, 0.5) is 5.69 Å². The fourth-order valence-electron chi connectivity index (χ4n) is 3.21. The number of rotatable bonds is 6. The topological polar surface area (TPSA) is 123 Å². The number of carbonyl (C=O) groups is 2. The first-order valence-corrected chi connectivity index (χ1v) is 11.2. The van der Waals surface area contributed by atoms with E-state index in [2.05, 4.69) is 4.99 Å². The quantitative estimate of drug-likeness (QED) is 0.711. The standard InChI is InChI=1S/C17H20N2O7S2/c1-25-10-3-4-11(13(7-10)26-2)19-12-8-28(23,24)9-14(12)27-17(19)18-15(20)5-6-16(21)22/h3-4,7,12,14H,5-6,8-9H2,1-2H3,(H,21,22)/t12-,14-/m1/s1. The molecule has 1 aromatic rings. The van der Waals surface area contributed by atoms with Gasteiger partial charge in [-0.05, 0) is 12.1 Å². The van der Waals surface area contributed by atoms with Gasteiger partial charge in [-0.2, -0.15) is 4.99 Å². The van der Waals surface area contributed by atoms with Gasteiger partial charge >= 0.3 is 5.97 Å². The van der Waals surface area contributed by atoms with Crippen LogP contribution in [-0.2, 0) is 19.4 Å². The van der Waals surface area contributed by atoms with E-state index in [9.17, 15) is 18.0 Å². The van der Waals surface area contributed by atoms with Crippen molar-refractivity contribution in [3.05, 3.63) is 18.2 Å². The van der Waals surface area contributed by atoms with Crippen LogP contribution in [0, 0.1) is 0 Å². The van der Waals surface area contributed by atoms with Gasteiger partial charge in [-0.25, -0.2) is 8.42 Å². The van der Waals surface area contributed by atoms with Gasteiger partial charge in [0.15, 0.2) is 15.0 Å². The molecule has 2 heterocycles. The molecular formula is C17H20N2O7S2. The Labute approximate surface area is 166 Å². The van der Waals surface area contributed by atoms with E-state index in [1.54, 1.807) is 23.1 Å². The van der Waals surface area contributed by atoms with E-state index < -0.39 is 21.7 Å². The molecule has 0 radical (unpaired) electrons. The zero-order valence-corrected chi connectivity index (χ0v) is 17.0. The van der Waals surface area contributed by atoms with Crippen molar-refractivity contribution >= 4 is 44.3 Å². The van der Waals surface area contributed by atoms with Gasteiger partial charge in [0.2, 0.25) is 5.91 Å². The van der Waals surface area contributed by atoms with Gasteiger partial charge in [0, 0.05) is 17.7 Å². The molecular weight excluding hydrogens is 408 g/mol. The van der Waals surface area contributed by atoms with Crippen molar-refractivity contribution in [3.63, 3.8) is 0 Å². The van der Waals surface area contributed by atoms with Gasteiger partial charge in [0.05, 0.1) is 43.9 Å². The Hall–Kier alpha value is -2.27. The third-order valence-electron chi connectivity index (χ3n) is 4.49. The number of benzene rings is 1. The number of carboxylic acids is 1. The first-order chi connectivity index (χ1) is 13.2. The number of fused-ring (bicyclic) bond motifs is 1. The Morgan fingerprint density at radius 3 is 2.64 bits per heavy atom. The van der Waals surface area contributed by atoms with E-state index >= 15 is 0 Å². The smallest absolute Gasteiger partial charge is 0.303 e. The van der Waals surface area contributed by atoms with Crippen LogP contribution in [0.5, 0.6) is 11.5 Å². The molecule has 1 amide bonds. The number of amides is 1. The van der Waals surface area contributed by atoms with Gasteiger partial charge in [-0.1, -0.05) is 11.8 Å². The monoisotopic (exact) mass is 428 g/mol. The number of aliphatic carboxylic acids is 1. The lowest BCUT2D eigenvalue weighted by Crippen LogP contribution is -2.38. The Morgan fingerprint density at radius 1 is 1.25 bits per heavy atom. The molecule has 1 aromatic carbocycles. The Bertz CT molecular complexity index is 929. The van der Waals surface area contributed by atoms with Crippen LogP contribution in [0.3, 0.4) is 0 Å². The lowest BCUT2D eigenvalue weighted by molar-refractivity contribution is -0.138. The van der Waals surface area contributed by atoms with E-state index in [0.717, 1.165) is 0 Å². The fraction of sp³-hybridized carbons (Fsp3) is 0.471. The molecule has 2 atom stereocenters. The minimum absolute atomic E-state index is 0.000357. The number of carboxylic acid groups (broad SMARTS) is 1. The number of amidine groups is 1. The summed E-state index contributed by atoms with van der Waals surface area (Å²) in [4.78, 5) is 28.6. The highest BCUT2D eigenvalue weighted by atomic mass is 32.2. The van der Waals surface area contributed by atoms with Crippen molar-refractivity contribution in [1.82, 2.24) is 0 Å². The van der Waals surface area contributed by atoms with E-state index in [0.29, 0.717) is 22.4 Å². The molecule has 152 valence electrons. The second-order valence-corrected chi connectivity index (χ2v) is 9.75. The SMILES string of the molecule is COc1ccc(N2C(=NC(=O)CCC(=O)O)S[C@@H]3CS(=O)(=O)C[C@H]32)c(OC)c1. The van der Waals surface area contributed by atoms with Gasteiger partial charge in [0.1, 0.15) is 11.5 Å². The molecule has 2 aliphatic heterocycles. The lowest BCUT2D eigenvalue weighted by Gasteiger charge is -2.26. The highest BCUT2D eigenvalue weighted by Crippen LogP contribution is 2.44. The molecule has 3 rings (SSSR count). The highest BCUT2D eigenvalue weighted by molar-refractivity contribution is 8.16. The van der Waals surface area contributed by atoms with E-state index in [1.807, 2.05) is 0 Å². The van der Waals surface area contributed by atoms with Crippen LogP contribution < -0.4 is 14.4 Å². The molecule has 1 N–H and O–H groups in total. The summed E-state index contributed by atoms with van der Waals surface area (Å²) in [6.45, 7) is 0. The Kier molecular flexibility index (Phi) is 5.84. The summed E-state index contributed by atoms with van der Waals surface area (Å²) >= 11 is 1.22. The minimum atomic E-state index is -3.20. The van der Waals surface area contributed by atoms with Crippen molar-refractivity contribution in [2.24, 2.45) is 4.99 Å². The van der Waals surface area contributed by atoms with Gasteiger partial charge in [0.25, 0.3) is 0 Å². The molecule has 0 unspecified atom stereocenters. The predicted molar refractivity (Wildman–Crippen MR) is 105 cm³/mol. The number of sulfone groups is 1. The molecule has 2 fully saturated rings. The van der Waals surface area contributed by atoms with Crippen LogP contribution in [-0.4, -0.2) is 67.6 Å². The van der Waals surface area contributed by atoms with Crippen LogP contribution in [0.25, 0.3) is 0 Å². The summed E-state index contributed by atoms with van der Waals surface area (Å²) in [5.74, 6) is -0.675. The molecule has 2 aliphatic rings. The van der Waals surface area contributed by atoms with Crippen LogP contribution in [0.2, 0.25) is 0 Å². The van der Waals surface area contributed by atoms with E-state index in [-0.39, 0.29) is 35.6 Å². The number of ether oxygens (including phenoxy) is 2. The number of methoxy groups -OCH3 is 2. The van der Waals surface area contributed by atoms with Crippen molar-refractivity contribution in [2.75, 3.05) is 30.6 Å². The van der Waals surface area contributed by atoms with E-state index in [4.69, 9.17) is 14.6 Å². The summed E-state index contributed by atoms with van der Waals surface area (Å²) in [5, 5.41) is 8.84. The third-order valence-corrected chi connectivity index (χ3v) is 7.70. The van der Waals surface area contributed by atoms with Gasteiger partial charge in [-0.3, -0.25) is 9.59 Å². The first-order valence-electron chi connectivity index (χ1n) is 8.45. The molecule has 2 saturated heterocycles. The molecule has 28 heavy (non-hydrogen) atoms. The average Bonchev–Trinajstić information content (AvgIpc) is 3.10. The number of carbonyl (C=O) groups excluding carboxylic acids is 1. The van der Waals surface area contributed by atoms with Gasteiger partial charge < -0.3 is 19.5 Å². The zero-order chi connectivity index (χ0) is 20.5. The summed E-state index contributed by atoms with van der Waals surface area (Å²) < 4.78 is 34.9. The number of hydrogen-bond donors (Lipinski definition) is 1. The molecule has 0 aromatic heterocycles. The van der Waals surface area contributed by atoms with Crippen LogP contribution >= 0.6 is 11.8 Å². The van der Waals surface area contributed by atoms with Crippen molar-refractivity contribution in [1.29, 1.82) is 0 Å². The maximum absolute atomic E-state index is 12.1. The maximum Gasteiger partial charge on any atom is 0.303 e. The average molecular weight is 428 g/mol. The summed E-state index contributed by atoms with van der Waals surface area (Å²) in [5.41, 5.74) is 0.574. The van der Waals surface area contributed by atoms with Gasteiger partial charge in [-0.15, -0.1) is 0 Å². The summed E-state index contributed by atoms with van der Waals surface area (Å²) in [6.07, 6.45) is -0.534. The number of aliphatic imine (C=N–C) groups is 1. The zero-order valence-electron chi connectivity index (χ0n) is 15.3. The maximum atomic E-state index is 12.1. The largest absolute Gasteiger partial charge is 0.497 e. The highest BCUT2D eigenvalue weighted by Gasteiger charge is 2.50. The number of thioether (sulfide) groups is 1. The molecule has 0 saturated carbocycles. The third kappa shape index (κ3) is 4.25.